The fourth-order valence-corrected chi connectivity index (χ4v) is 5.17. The molecule has 3 nitrogen and oxygen atoms in total. The molecule has 0 aliphatic rings. The Bertz CT molecular complexity index is 951. The minimum Gasteiger partial charge on any atom is -0.398 e. The molecule has 2 aromatic carbocycles. The highest BCUT2D eigenvalue weighted by molar-refractivity contribution is 9.12. The first-order valence-corrected chi connectivity index (χ1v) is 11.5. The van der Waals surface area contributed by atoms with Crippen molar-refractivity contribution >= 4 is 53.5 Å². The van der Waals surface area contributed by atoms with Crippen LogP contribution in [0.15, 0.2) is 48.5 Å². The number of carbonyl (C=O) groups is 1. The van der Waals surface area contributed by atoms with Crippen molar-refractivity contribution in [3.63, 3.8) is 0 Å². The highest BCUT2D eigenvalue weighted by atomic mass is 79.9. The Labute approximate surface area is 177 Å². The van der Waals surface area contributed by atoms with Crippen LogP contribution in [0.2, 0.25) is 0 Å². The molecule has 1 atom stereocenters. The van der Waals surface area contributed by atoms with Crippen molar-refractivity contribution in [2.24, 2.45) is 0 Å². The van der Waals surface area contributed by atoms with Crippen LogP contribution in [0.1, 0.15) is 10.4 Å². The smallest absolute Gasteiger partial charge is 0.398 e. The normalized spacial score (nSPS) is 17.0. The van der Waals surface area contributed by atoms with Gasteiger partial charge in [0.15, 0.2) is 0 Å². The monoisotopic (exact) mass is 572 g/mol. The van der Waals surface area contributed by atoms with Gasteiger partial charge in [0.25, 0.3) is 20.5 Å². The average Bonchev–Trinajstić information content (AvgIpc) is 2.60. The predicted octanol–water partition coefficient (Wildman–Crippen LogP) is 7.04. The summed E-state index contributed by atoms with van der Waals surface area (Å²) in [6.45, 7) is 0. The van der Waals surface area contributed by atoms with Crippen LogP contribution in [-0.4, -0.2) is 21.1 Å². The number of alkyl halides is 5. The van der Waals surface area contributed by atoms with Gasteiger partial charge in [0.2, 0.25) is 0 Å². The molecule has 13 heteroatoms. The molecule has 0 aromatic heterocycles. The van der Waals surface area contributed by atoms with E-state index in [0.717, 1.165) is 12.1 Å². The maximum Gasteiger partial charge on any atom is 0.414 e. The van der Waals surface area contributed by atoms with Crippen LogP contribution in [0.5, 0.6) is 0 Å². The molecule has 3 N–H and O–H groups in total. The highest BCUT2D eigenvalue weighted by Crippen LogP contribution is 3.01. The van der Waals surface area contributed by atoms with E-state index in [1.54, 1.807) is 22.0 Å². The first kappa shape index (κ1) is 23.8. The van der Waals surface area contributed by atoms with Crippen molar-refractivity contribution in [2.75, 3.05) is 11.1 Å². The second kappa shape index (κ2) is 6.77. The molecule has 2 aromatic rings. The Kier molecular flexibility index (Phi) is 5.56. The number of anilines is 1. The summed E-state index contributed by atoms with van der Waals surface area (Å²) in [5.74, 6) is -2.25. The van der Waals surface area contributed by atoms with Crippen molar-refractivity contribution in [1.29, 1.82) is 0 Å². The van der Waals surface area contributed by atoms with E-state index in [4.69, 9.17) is 5.73 Å². The largest absolute Gasteiger partial charge is 0.414 e. The molecule has 0 saturated carbocycles. The molecule has 2 rings (SSSR count). The molecular weight excluding hydrogens is 561 g/mol. The predicted molar refractivity (Wildman–Crippen MR) is 107 cm³/mol. The van der Waals surface area contributed by atoms with Gasteiger partial charge in [0, 0.05) is 11.3 Å². The molecule has 0 aliphatic heterocycles. The molecule has 0 bridgehead atoms. The van der Waals surface area contributed by atoms with Crippen molar-refractivity contribution in [3.8, 4) is 11.1 Å². The third-order valence-corrected chi connectivity index (χ3v) is 8.33. The van der Waals surface area contributed by atoms with Crippen LogP contribution < -0.4 is 10.5 Å². The van der Waals surface area contributed by atoms with Crippen molar-refractivity contribution in [1.82, 2.24) is 4.72 Å². The number of benzene rings is 2. The minimum absolute atomic E-state index is 0.141. The number of amides is 1. The lowest BCUT2D eigenvalue weighted by Crippen LogP contribution is -2.57. The molecule has 0 heterocycles. The van der Waals surface area contributed by atoms with Crippen LogP contribution in [0.4, 0.5) is 34.4 Å². The van der Waals surface area contributed by atoms with Gasteiger partial charge in [0.05, 0.1) is 10.9 Å². The summed E-state index contributed by atoms with van der Waals surface area (Å²) in [6, 6.07) is 10.6. The summed E-state index contributed by atoms with van der Waals surface area (Å²) >= 11 is 3.68. The molecule has 29 heavy (non-hydrogen) atoms. The number of nitrogen functional groups attached to an aromatic ring is 1. The van der Waals surface area contributed by atoms with Crippen LogP contribution in [0, 0.1) is 0 Å². The standard InChI is InChI=1S/C16H13Br2F7N2OS/c17-9-15(18,19)16(20,21)29(22,23,24,25)27-14(28)11-7-4-8-12(26)13(11)10-5-2-1-3-6-10/h1-8H,9,26H2,(H,27,28). The van der Waals surface area contributed by atoms with Crippen molar-refractivity contribution in [2.45, 2.75) is 9.83 Å². The number of nitrogens with one attached hydrogen (secondary N) is 1. The third kappa shape index (κ3) is 4.08. The zero-order valence-electron chi connectivity index (χ0n) is 14.1. The van der Waals surface area contributed by atoms with Crippen molar-refractivity contribution < 1.29 is 33.5 Å². The summed E-state index contributed by atoms with van der Waals surface area (Å²) in [5.41, 5.74) is 4.72. The highest BCUT2D eigenvalue weighted by Gasteiger charge is 2.88. The number of rotatable bonds is 6. The lowest BCUT2D eigenvalue weighted by atomic mass is 9.97. The average molecular weight is 574 g/mol. The van der Waals surface area contributed by atoms with E-state index in [1.165, 1.54) is 30.3 Å². The Morgan fingerprint density at radius 2 is 1.55 bits per heavy atom. The van der Waals surface area contributed by atoms with Gasteiger partial charge in [-0.3, -0.25) is 4.79 Å². The number of nitrogens with two attached hydrogens (primary N) is 1. The van der Waals surface area contributed by atoms with Gasteiger partial charge >= 0.3 is 5.25 Å². The zero-order chi connectivity index (χ0) is 22.4. The maximum atomic E-state index is 14.2. The van der Waals surface area contributed by atoms with E-state index in [9.17, 15) is 33.5 Å². The van der Waals surface area contributed by atoms with Crippen LogP contribution in [-0.2, 0) is 0 Å². The number of halogens is 9. The minimum atomic E-state index is -10.9. The topological polar surface area (TPSA) is 55.1 Å². The Morgan fingerprint density at radius 1 is 1.00 bits per heavy atom. The van der Waals surface area contributed by atoms with Crippen LogP contribution in [0.25, 0.3) is 11.1 Å². The van der Waals surface area contributed by atoms with E-state index in [2.05, 4.69) is 15.9 Å². The second-order valence-corrected chi connectivity index (χ2v) is 10.7. The lowest BCUT2D eigenvalue weighted by Gasteiger charge is -2.56. The first-order valence-electron chi connectivity index (χ1n) is 7.55. The molecule has 0 radical (unpaired) electrons. The summed E-state index contributed by atoms with van der Waals surface area (Å²) in [7, 11) is -10.9. The van der Waals surface area contributed by atoms with Gasteiger partial charge in [-0.1, -0.05) is 52.3 Å². The Balaban J connectivity index is 2.62. The van der Waals surface area contributed by atoms with Gasteiger partial charge in [0.1, 0.15) is 0 Å². The van der Waals surface area contributed by atoms with Crippen LogP contribution in [0.3, 0.4) is 0 Å². The van der Waals surface area contributed by atoms with E-state index < -0.39 is 36.7 Å². The summed E-state index contributed by atoms with van der Waals surface area (Å²) in [4.78, 5) is 12.3. The molecular formula is C16H13Br2F7N2OS. The summed E-state index contributed by atoms with van der Waals surface area (Å²) in [6.07, 6.45) is 0. The second-order valence-electron chi connectivity index (χ2n) is 5.99. The van der Waals surface area contributed by atoms with Crippen molar-refractivity contribution in [3.05, 3.63) is 54.1 Å². The quantitative estimate of drug-likeness (QED) is 0.221. The molecule has 0 spiro atoms. The molecule has 0 saturated heterocycles. The number of hydrogen-bond acceptors (Lipinski definition) is 2. The molecule has 1 amide bonds. The molecule has 1 unspecified atom stereocenters. The van der Waals surface area contributed by atoms with E-state index in [1.807, 2.05) is 0 Å². The Hall–Kier alpha value is -1.47. The fraction of sp³-hybridized carbons (Fsp3) is 0.188. The van der Waals surface area contributed by atoms with Gasteiger partial charge in [-0.2, -0.15) is 8.78 Å². The molecule has 0 aliphatic carbocycles. The first-order chi connectivity index (χ1) is 13.0. The van der Waals surface area contributed by atoms with Gasteiger partial charge in [-0.25, -0.2) is 9.11 Å². The van der Waals surface area contributed by atoms with E-state index in [-0.39, 0.29) is 21.5 Å². The van der Waals surface area contributed by atoms with Gasteiger partial charge in [-0.15, -0.1) is 15.5 Å². The summed E-state index contributed by atoms with van der Waals surface area (Å²) < 4.78 is 94.0. The van der Waals surface area contributed by atoms with E-state index >= 15 is 0 Å². The lowest BCUT2D eigenvalue weighted by molar-refractivity contribution is -0.0273. The van der Waals surface area contributed by atoms with Crippen LogP contribution >= 0.6 is 41.9 Å². The molecule has 0 fully saturated rings. The number of carbonyl (C=O) groups excluding carboxylic acids is 1. The molecule has 162 valence electrons. The summed E-state index contributed by atoms with van der Waals surface area (Å²) in [5, 5.41) is -8.20. The third-order valence-electron chi connectivity index (χ3n) is 3.81. The van der Waals surface area contributed by atoms with Gasteiger partial charge < -0.3 is 5.73 Å². The maximum absolute atomic E-state index is 14.2. The zero-order valence-corrected chi connectivity index (χ0v) is 18.1. The fourth-order valence-electron chi connectivity index (χ4n) is 2.37. The Morgan fingerprint density at radius 3 is 2.07 bits per heavy atom. The van der Waals surface area contributed by atoms with Gasteiger partial charge in [-0.05, 0) is 33.6 Å². The van der Waals surface area contributed by atoms with E-state index in [0.29, 0.717) is 0 Å². The number of hydrogen-bond donors (Lipinski definition) is 2. The SMILES string of the molecule is Nc1cccc(C(=O)NS(F)(F)(F)(F)C(F)(F)C(F)(Br)CBr)c1-c1ccccc1.